The van der Waals surface area contributed by atoms with Crippen LogP contribution in [-0.2, 0) is 16.6 Å². The molecular weight excluding hydrogens is 286 g/mol. The van der Waals surface area contributed by atoms with Gasteiger partial charge in [0.2, 0.25) is 5.03 Å². The van der Waals surface area contributed by atoms with Crippen LogP contribution in [0.3, 0.4) is 0 Å². The van der Waals surface area contributed by atoms with Crippen LogP contribution in [0.4, 0.5) is 5.13 Å². The Labute approximate surface area is 115 Å². The Morgan fingerprint density at radius 3 is 2.74 bits per heavy atom. The number of aryl methyl sites for hydroxylation is 2. The largest absolute Gasteiger partial charge is 0.316 e. The SMILES string of the molecule is CNCc1c(S(=O)(=O)Nc2nc(C)cs2)n[nH]c1C. The van der Waals surface area contributed by atoms with E-state index >= 15 is 0 Å². The number of hydrogen-bond donors (Lipinski definition) is 3. The highest BCUT2D eigenvalue weighted by Gasteiger charge is 2.24. The number of nitrogens with one attached hydrogen (secondary N) is 3. The Bertz CT molecular complexity index is 674. The highest BCUT2D eigenvalue weighted by atomic mass is 32.2. The van der Waals surface area contributed by atoms with Crippen molar-refractivity contribution in [2.24, 2.45) is 0 Å². The summed E-state index contributed by atoms with van der Waals surface area (Å²) in [6.07, 6.45) is 0. The Kier molecular flexibility index (Phi) is 3.88. The molecule has 0 bridgehead atoms. The van der Waals surface area contributed by atoms with Crippen molar-refractivity contribution >= 4 is 26.5 Å². The van der Waals surface area contributed by atoms with E-state index < -0.39 is 10.0 Å². The fourth-order valence-corrected chi connectivity index (χ4v) is 3.74. The van der Waals surface area contributed by atoms with Gasteiger partial charge >= 0.3 is 0 Å². The molecule has 2 heterocycles. The number of hydrogen-bond acceptors (Lipinski definition) is 6. The Balaban J connectivity index is 2.34. The van der Waals surface area contributed by atoms with Gasteiger partial charge in [0.1, 0.15) is 0 Å². The molecule has 0 spiro atoms. The molecule has 0 aliphatic heterocycles. The molecule has 0 atom stereocenters. The number of sulfonamides is 1. The molecule has 7 nitrogen and oxygen atoms in total. The van der Waals surface area contributed by atoms with E-state index in [1.54, 1.807) is 26.3 Å². The van der Waals surface area contributed by atoms with Gasteiger partial charge in [-0.15, -0.1) is 11.3 Å². The summed E-state index contributed by atoms with van der Waals surface area (Å²) >= 11 is 1.24. The minimum Gasteiger partial charge on any atom is -0.316 e. The highest BCUT2D eigenvalue weighted by Crippen LogP contribution is 2.22. The van der Waals surface area contributed by atoms with Crippen LogP contribution in [0.15, 0.2) is 10.4 Å². The lowest BCUT2D eigenvalue weighted by molar-refractivity contribution is 0.595. The van der Waals surface area contributed by atoms with Gasteiger partial charge in [-0.2, -0.15) is 13.5 Å². The molecule has 2 aromatic rings. The summed E-state index contributed by atoms with van der Waals surface area (Å²) < 4.78 is 27.0. The fourth-order valence-electron chi connectivity index (χ4n) is 1.60. The molecule has 2 aromatic heterocycles. The average molecular weight is 301 g/mol. The second-order valence-corrected chi connectivity index (χ2v) is 6.52. The van der Waals surface area contributed by atoms with E-state index in [4.69, 9.17) is 0 Å². The molecule has 0 radical (unpaired) electrons. The lowest BCUT2D eigenvalue weighted by Crippen LogP contribution is -2.17. The Hall–Kier alpha value is -1.45. The van der Waals surface area contributed by atoms with Crippen molar-refractivity contribution in [1.29, 1.82) is 0 Å². The van der Waals surface area contributed by atoms with Gasteiger partial charge < -0.3 is 5.32 Å². The van der Waals surface area contributed by atoms with Crippen molar-refractivity contribution in [3.63, 3.8) is 0 Å². The van der Waals surface area contributed by atoms with Gasteiger partial charge in [-0.25, -0.2) is 4.98 Å². The minimum absolute atomic E-state index is 0.00667. The number of thiazole rings is 1. The third-order valence-electron chi connectivity index (χ3n) is 2.48. The molecule has 0 saturated carbocycles. The maximum atomic E-state index is 12.3. The van der Waals surface area contributed by atoms with Crippen molar-refractivity contribution < 1.29 is 8.42 Å². The van der Waals surface area contributed by atoms with Gasteiger partial charge in [-0.3, -0.25) is 9.82 Å². The molecule has 2 rings (SSSR count). The lowest BCUT2D eigenvalue weighted by atomic mass is 10.3. The number of anilines is 1. The summed E-state index contributed by atoms with van der Waals surface area (Å²) in [4.78, 5) is 4.08. The predicted molar refractivity (Wildman–Crippen MR) is 73.7 cm³/mol. The second kappa shape index (κ2) is 5.27. The van der Waals surface area contributed by atoms with E-state index in [1.165, 1.54) is 11.3 Å². The molecule has 0 aliphatic carbocycles. The summed E-state index contributed by atoms with van der Waals surface area (Å²) in [6.45, 7) is 4.02. The lowest BCUT2D eigenvalue weighted by Gasteiger charge is -2.05. The molecule has 19 heavy (non-hydrogen) atoms. The molecule has 0 amide bonds. The van der Waals surface area contributed by atoms with Crippen LogP contribution in [0.5, 0.6) is 0 Å². The first-order valence-corrected chi connectivity index (χ1v) is 7.93. The first-order valence-electron chi connectivity index (χ1n) is 5.57. The zero-order valence-electron chi connectivity index (χ0n) is 10.8. The van der Waals surface area contributed by atoms with Gasteiger partial charge in [0.25, 0.3) is 10.0 Å². The van der Waals surface area contributed by atoms with E-state index in [0.717, 1.165) is 11.4 Å². The fraction of sp³-hybridized carbons (Fsp3) is 0.400. The molecule has 3 N–H and O–H groups in total. The maximum Gasteiger partial charge on any atom is 0.283 e. The standard InChI is InChI=1S/C10H15N5O2S2/c1-6-5-18-10(12-6)15-19(16,17)9-8(4-11-3)7(2)13-14-9/h5,11H,4H2,1-3H3,(H,12,15)(H,13,14). The van der Waals surface area contributed by atoms with Gasteiger partial charge in [-0.1, -0.05) is 0 Å². The van der Waals surface area contributed by atoms with Gasteiger partial charge in [-0.05, 0) is 20.9 Å². The summed E-state index contributed by atoms with van der Waals surface area (Å²) in [6, 6.07) is 0. The summed E-state index contributed by atoms with van der Waals surface area (Å²) in [5.41, 5.74) is 2.13. The Morgan fingerprint density at radius 1 is 1.42 bits per heavy atom. The Morgan fingerprint density at radius 2 is 2.16 bits per heavy atom. The zero-order valence-corrected chi connectivity index (χ0v) is 12.4. The monoisotopic (exact) mass is 301 g/mol. The molecule has 0 aliphatic rings. The molecule has 104 valence electrons. The molecular formula is C10H15N5O2S2. The molecule has 0 fully saturated rings. The van der Waals surface area contributed by atoms with E-state index in [2.05, 4.69) is 25.2 Å². The van der Waals surface area contributed by atoms with Crippen LogP contribution in [0.1, 0.15) is 17.0 Å². The normalized spacial score (nSPS) is 11.7. The molecule has 9 heteroatoms. The summed E-state index contributed by atoms with van der Waals surface area (Å²) in [7, 11) is -1.97. The molecule has 0 saturated heterocycles. The number of H-pyrrole nitrogens is 1. The maximum absolute atomic E-state index is 12.3. The van der Waals surface area contributed by atoms with E-state index in [0.29, 0.717) is 17.2 Å². The topological polar surface area (TPSA) is 99.8 Å². The highest BCUT2D eigenvalue weighted by molar-refractivity contribution is 7.92. The minimum atomic E-state index is -3.72. The second-order valence-electron chi connectivity index (χ2n) is 4.06. The number of aromatic amines is 1. The van der Waals surface area contributed by atoms with Crippen LogP contribution < -0.4 is 10.0 Å². The van der Waals surface area contributed by atoms with E-state index in [9.17, 15) is 8.42 Å². The predicted octanol–water partition coefficient (Wildman–Crippen LogP) is 1.00. The number of nitrogens with zero attached hydrogens (tertiary/aromatic N) is 2. The first kappa shape index (κ1) is 14.0. The van der Waals surface area contributed by atoms with Crippen molar-refractivity contribution in [1.82, 2.24) is 20.5 Å². The van der Waals surface area contributed by atoms with Gasteiger partial charge in [0.05, 0.1) is 5.69 Å². The van der Waals surface area contributed by atoms with Crippen LogP contribution in [0, 0.1) is 13.8 Å². The quantitative estimate of drug-likeness (QED) is 0.765. The third-order valence-corrected chi connectivity index (χ3v) is 4.80. The van der Waals surface area contributed by atoms with Crippen LogP contribution in [0.2, 0.25) is 0 Å². The van der Waals surface area contributed by atoms with Crippen molar-refractivity contribution in [3.05, 3.63) is 22.3 Å². The summed E-state index contributed by atoms with van der Waals surface area (Å²) in [5, 5.41) is 11.6. The molecule has 0 aromatic carbocycles. The molecule has 0 unspecified atom stereocenters. The van der Waals surface area contributed by atoms with Crippen LogP contribution in [-0.4, -0.2) is 30.6 Å². The summed E-state index contributed by atoms with van der Waals surface area (Å²) in [5.74, 6) is 0. The van der Waals surface area contributed by atoms with Crippen molar-refractivity contribution in [2.75, 3.05) is 11.8 Å². The number of rotatable bonds is 5. The van der Waals surface area contributed by atoms with Crippen molar-refractivity contribution in [2.45, 2.75) is 25.4 Å². The van der Waals surface area contributed by atoms with Crippen LogP contribution >= 0.6 is 11.3 Å². The smallest absolute Gasteiger partial charge is 0.283 e. The van der Waals surface area contributed by atoms with Crippen LogP contribution in [0.25, 0.3) is 0 Å². The van der Waals surface area contributed by atoms with Gasteiger partial charge in [0.15, 0.2) is 5.13 Å². The zero-order chi connectivity index (χ0) is 14.0. The average Bonchev–Trinajstić information content (AvgIpc) is 2.87. The van der Waals surface area contributed by atoms with Crippen molar-refractivity contribution in [3.8, 4) is 0 Å². The van der Waals surface area contributed by atoms with Gasteiger partial charge in [0, 0.05) is 23.2 Å². The first-order chi connectivity index (χ1) is 8.94. The van der Waals surface area contributed by atoms with E-state index in [1.807, 2.05) is 0 Å². The number of aromatic nitrogens is 3. The third kappa shape index (κ3) is 2.94. The van der Waals surface area contributed by atoms with E-state index in [-0.39, 0.29) is 5.03 Å².